The van der Waals surface area contributed by atoms with Crippen LogP contribution >= 0.6 is 11.8 Å². The Morgan fingerprint density at radius 2 is 2.23 bits per heavy atom. The van der Waals surface area contributed by atoms with Crippen molar-refractivity contribution in [1.82, 2.24) is 15.1 Å². The van der Waals surface area contributed by atoms with Crippen LogP contribution in [0, 0.1) is 0 Å². The van der Waals surface area contributed by atoms with Crippen LogP contribution in [-0.2, 0) is 0 Å². The highest BCUT2D eigenvalue weighted by molar-refractivity contribution is 8.00. The molecule has 1 aliphatic rings. The molecule has 118 valence electrons. The molecule has 1 saturated carbocycles. The van der Waals surface area contributed by atoms with E-state index >= 15 is 0 Å². The molecule has 5 nitrogen and oxygen atoms in total. The molecule has 0 unspecified atom stereocenters. The van der Waals surface area contributed by atoms with Gasteiger partial charge in [0.05, 0.1) is 0 Å². The van der Waals surface area contributed by atoms with E-state index in [1.807, 2.05) is 23.9 Å². The summed E-state index contributed by atoms with van der Waals surface area (Å²) < 4.78 is 5.73. The zero-order chi connectivity index (χ0) is 15.6. The maximum Gasteiger partial charge on any atom is 0.258 e. The molecular formula is C16H22N4OS. The van der Waals surface area contributed by atoms with Gasteiger partial charge in [-0.05, 0) is 31.2 Å². The van der Waals surface area contributed by atoms with Crippen molar-refractivity contribution in [2.45, 2.75) is 43.8 Å². The van der Waals surface area contributed by atoms with Gasteiger partial charge in [-0.3, -0.25) is 0 Å². The van der Waals surface area contributed by atoms with Crippen LogP contribution in [0.1, 0.15) is 44.9 Å². The number of hydrogen-bond acceptors (Lipinski definition) is 6. The van der Waals surface area contributed by atoms with E-state index in [4.69, 9.17) is 4.52 Å². The van der Waals surface area contributed by atoms with E-state index in [1.54, 1.807) is 6.20 Å². The number of nitrogens with zero attached hydrogens (tertiary/aromatic N) is 3. The number of rotatable bonds is 6. The molecule has 0 bridgehead atoms. The molecule has 0 atom stereocenters. The highest BCUT2D eigenvalue weighted by Gasteiger charge is 2.35. The number of thioether (sulfide) groups is 1. The zero-order valence-corrected chi connectivity index (χ0v) is 14.1. The number of hydrogen-bond donors (Lipinski definition) is 1. The summed E-state index contributed by atoms with van der Waals surface area (Å²) in [5.74, 6) is 2.41. The lowest BCUT2D eigenvalue weighted by Gasteiger charge is -2.40. The molecule has 3 rings (SSSR count). The van der Waals surface area contributed by atoms with Crippen molar-refractivity contribution in [3.8, 4) is 11.5 Å². The van der Waals surface area contributed by atoms with Crippen LogP contribution < -0.4 is 5.32 Å². The lowest BCUT2D eigenvalue weighted by Crippen LogP contribution is -2.40. The van der Waals surface area contributed by atoms with Gasteiger partial charge in [0.25, 0.3) is 5.89 Å². The molecule has 0 saturated heterocycles. The molecule has 2 heterocycles. The maximum absolute atomic E-state index is 5.35. The third-order valence-electron chi connectivity index (χ3n) is 4.25. The van der Waals surface area contributed by atoms with E-state index in [2.05, 4.69) is 40.5 Å². The van der Waals surface area contributed by atoms with Crippen molar-refractivity contribution >= 4 is 17.6 Å². The average molecular weight is 318 g/mol. The second kappa shape index (κ2) is 6.28. The lowest BCUT2D eigenvalue weighted by molar-refractivity contribution is 0.379. The maximum atomic E-state index is 5.35. The molecule has 1 fully saturated rings. The summed E-state index contributed by atoms with van der Waals surface area (Å²) in [6, 6.07) is 3.88. The van der Waals surface area contributed by atoms with Gasteiger partial charge in [0.15, 0.2) is 5.82 Å². The van der Waals surface area contributed by atoms with Crippen LogP contribution in [0.4, 0.5) is 5.82 Å². The summed E-state index contributed by atoms with van der Waals surface area (Å²) >= 11 is 1.95. The Kier molecular flexibility index (Phi) is 4.38. The van der Waals surface area contributed by atoms with Crippen LogP contribution in [0.25, 0.3) is 11.5 Å². The third kappa shape index (κ3) is 3.11. The van der Waals surface area contributed by atoms with Gasteiger partial charge in [0.1, 0.15) is 5.82 Å². The minimum Gasteiger partial charge on any atom is -0.369 e. The Labute approximate surface area is 135 Å². The first-order valence-corrected chi connectivity index (χ1v) is 8.93. The van der Waals surface area contributed by atoms with E-state index in [0.717, 1.165) is 23.8 Å². The molecule has 1 aliphatic carbocycles. The first-order valence-electron chi connectivity index (χ1n) is 7.71. The fourth-order valence-corrected chi connectivity index (χ4v) is 3.44. The molecule has 2 aromatic rings. The minimum absolute atomic E-state index is 0.261. The van der Waals surface area contributed by atoms with Gasteiger partial charge < -0.3 is 9.84 Å². The largest absolute Gasteiger partial charge is 0.369 e. The van der Waals surface area contributed by atoms with Crippen LogP contribution in [0.15, 0.2) is 22.9 Å². The van der Waals surface area contributed by atoms with Crippen molar-refractivity contribution in [1.29, 1.82) is 0 Å². The van der Waals surface area contributed by atoms with Crippen molar-refractivity contribution < 1.29 is 4.52 Å². The first kappa shape index (κ1) is 15.3. The quantitative estimate of drug-likeness (QED) is 0.870. The molecule has 0 spiro atoms. The van der Waals surface area contributed by atoms with Crippen molar-refractivity contribution in [3.63, 3.8) is 0 Å². The molecule has 0 aliphatic heterocycles. The molecule has 0 radical (unpaired) electrons. The van der Waals surface area contributed by atoms with E-state index in [-0.39, 0.29) is 5.92 Å². The summed E-state index contributed by atoms with van der Waals surface area (Å²) in [4.78, 5) is 8.83. The van der Waals surface area contributed by atoms with Crippen LogP contribution in [-0.4, -0.2) is 32.7 Å². The second-order valence-corrected chi connectivity index (χ2v) is 7.41. The Morgan fingerprint density at radius 1 is 1.41 bits per heavy atom. The Hall–Kier alpha value is -1.56. The fourth-order valence-electron chi connectivity index (χ4n) is 2.52. The molecule has 0 aromatic carbocycles. The molecule has 1 N–H and O–H groups in total. The topological polar surface area (TPSA) is 63.8 Å². The first-order chi connectivity index (χ1) is 10.6. The highest BCUT2D eigenvalue weighted by atomic mass is 32.2. The predicted molar refractivity (Wildman–Crippen MR) is 90.2 cm³/mol. The smallest absolute Gasteiger partial charge is 0.258 e. The number of nitrogens with one attached hydrogen (secondary N) is 1. The Bertz CT molecular complexity index is 631. The van der Waals surface area contributed by atoms with Gasteiger partial charge >= 0.3 is 0 Å². The van der Waals surface area contributed by atoms with E-state index in [0.29, 0.717) is 10.6 Å². The number of anilines is 1. The summed E-state index contributed by atoms with van der Waals surface area (Å²) in [6.45, 7) is 5.05. The van der Waals surface area contributed by atoms with Gasteiger partial charge in [-0.2, -0.15) is 16.7 Å². The normalized spacial score (nSPS) is 16.5. The monoisotopic (exact) mass is 318 g/mol. The zero-order valence-electron chi connectivity index (χ0n) is 13.3. The number of aromatic nitrogens is 3. The molecule has 0 amide bonds. The van der Waals surface area contributed by atoms with Gasteiger partial charge in [-0.25, -0.2) is 4.98 Å². The van der Waals surface area contributed by atoms with Crippen LogP contribution in [0.3, 0.4) is 0 Å². The molecular weight excluding hydrogens is 296 g/mol. The summed E-state index contributed by atoms with van der Waals surface area (Å²) in [5.41, 5.74) is 0.906. The van der Waals surface area contributed by atoms with Gasteiger partial charge in [-0.15, -0.1) is 0 Å². The Balaban J connectivity index is 1.71. The van der Waals surface area contributed by atoms with E-state index in [1.165, 1.54) is 19.3 Å². The van der Waals surface area contributed by atoms with Crippen LogP contribution in [0.2, 0.25) is 0 Å². The highest BCUT2D eigenvalue weighted by Crippen LogP contribution is 2.42. The summed E-state index contributed by atoms with van der Waals surface area (Å²) in [6.07, 6.45) is 7.86. The van der Waals surface area contributed by atoms with Crippen molar-refractivity contribution in [2.75, 3.05) is 18.1 Å². The summed E-state index contributed by atoms with van der Waals surface area (Å²) in [5, 5.41) is 7.47. The van der Waals surface area contributed by atoms with Gasteiger partial charge in [0.2, 0.25) is 0 Å². The van der Waals surface area contributed by atoms with E-state index < -0.39 is 0 Å². The third-order valence-corrected chi connectivity index (χ3v) is 5.67. The van der Waals surface area contributed by atoms with Gasteiger partial charge in [-0.1, -0.05) is 25.4 Å². The SMILES string of the molecule is CSC1(CNc2cc(-c3nc(C(C)C)no3)ccn2)CCC1. The fraction of sp³-hybridized carbons (Fsp3) is 0.562. The van der Waals surface area contributed by atoms with Crippen LogP contribution in [0.5, 0.6) is 0 Å². The second-order valence-electron chi connectivity index (χ2n) is 6.14. The van der Waals surface area contributed by atoms with Gasteiger partial charge in [0, 0.05) is 29.0 Å². The Morgan fingerprint density at radius 3 is 2.82 bits per heavy atom. The molecule has 2 aromatic heterocycles. The van der Waals surface area contributed by atoms with Crippen molar-refractivity contribution in [3.05, 3.63) is 24.2 Å². The standard InChI is InChI=1S/C16H22N4OS/c1-11(2)14-19-15(21-20-14)12-5-8-17-13(9-12)18-10-16(22-3)6-4-7-16/h5,8-9,11H,4,6-7,10H2,1-3H3,(H,17,18). The van der Waals surface area contributed by atoms with E-state index in [9.17, 15) is 0 Å². The molecule has 22 heavy (non-hydrogen) atoms. The predicted octanol–water partition coefficient (Wildman–Crippen LogP) is 3.95. The molecule has 6 heteroatoms. The average Bonchev–Trinajstić information content (AvgIpc) is 2.97. The summed E-state index contributed by atoms with van der Waals surface area (Å²) in [7, 11) is 0. The van der Waals surface area contributed by atoms with Crippen molar-refractivity contribution in [2.24, 2.45) is 0 Å². The number of pyridine rings is 1. The minimum atomic E-state index is 0.261. The lowest BCUT2D eigenvalue weighted by atomic mass is 9.84.